The second kappa shape index (κ2) is 5.65. The summed E-state index contributed by atoms with van der Waals surface area (Å²) in [5, 5.41) is 9.31. The van der Waals surface area contributed by atoms with Crippen LogP contribution in [0.15, 0.2) is 42.3 Å². The molecule has 0 aromatic heterocycles. The minimum Gasteiger partial charge on any atom is -0.393 e. The van der Waals surface area contributed by atoms with Crippen molar-refractivity contribution in [2.45, 2.75) is 12.0 Å². The van der Waals surface area contributed by atoms with Crippen molar-refractivity contribution in [2.75, 3.05) is 20.3 Å². The predicted molar refractivity (Wildman–Crippen MR) is 68.2 cm³/mol. The highest BCUT2D eigenvalue weighted by Gasteiger charge is 2.26. The van der Waals surface area contributed by atoms with Gasteiger partial charge in [0.05, 0.1) is 6.61 Å². The van der Waals surface area contributed by atoms with Crippen molar-refractivity contribution in [1.82, 2.24) is 4.90 Å². The van der Waals surface area contributed by atoms with Gasteiger partial charge in [-0.25, -0.2) is 4.99 Å². The maximum atomic E-state index is 9.31. The van der Waals surface area contributed by atoms with Crippen molar-refractivity contribution in [2.24, 2.45) is 10.7 Å². The van der Waals surface area contributed by atoms with Gasteiger partial charge >= 0.3 is 0 Å². The lowest BCUT2D eigenvalue weighted by Gasteiger charge is -2.30. The first-order chi connectivity index (χ1) is 8.06. The van der Waals surface area contributed by atoms with Crippen LogP contribution in [0, 0.1) is 0 Å². The Morgan fingerprint density at radius 1 is 1.71 bits per heavy atom. The molecule has 1 atom stereocenters. The van der Waals surface area contributed by atoms with Crippen molar-refractivity contribution in [3.05, 3.63) is 37.3 Å². The lowest BCUT2D eigenvalue weighted by atomic mass is 10.0. The molecule has 0 aromatic carbocycles. The quantitative estimate of drug-likeness (QED) is 0.664. The average Bonchev–Trinajstić information content (AvgIpc) is 2.33. The van der Waals surface area contributed by atoms with Crippen LogP contribution in [0.2, 0.25) is 0 Å². The van der Waals surface area contributed by atoms with Gasteiger partial charge in [0.25, 0.3) is 0 Å². The summed E-state index contributed by atoms with van der Waals surface area (Å²) in [5.41, 5.74) is 4.82. The van der Waals surface area contributed by atoms with Gasteiger partial charge in [-0.15, -0.1) is 6.58 Å². The molecule has 1 aliphatic rings. The van der Waals surface area contributed by atoms with E-state index in [0.717, 1.165) is 0 Å². The number of rotatable bonds is 6. The number of methoxy groups -OCH3 is 1. The van der Waals surface area contributed by atoms with E-state index < -0.39 is 5.60 Å². The number of aliphatic hydroxyl groups excluding tert-OH is 1. The van der Waals surface area contributed by atoms with Crippen LogP contribution >= 0.6 is 0 Å². The molecule has 1 heterocycles. The van der Waals surface area contributed by atoms with E-state index in [2.05, 4.69) is 18.2 Å². The van der Waals surface area contributed by atoms with Gasteiger partial charge in [0.1, 0.15) is 17.3 Å². The van der Waals surface area contributed by atoms with Crippen LogP contribution in [-0.2, 0) is 4.74 Å². The van der Waals surface area contributed by atoms with Gasteiger partial charge in [0.2, 0.25) is 0 Å². The second-order valence-electron chi connectivity index (χ2n) is 3.84. The second-order valence-corrected chi connectivity index (χ2v) is 3.84. The lowest BCUT2D eigenvalue weighted by Crippen LogP contribution is -2.37. The number of nitrogens with two attached hydrogens (primary N) is 1. The first-order valence-electron chi connectivity index (χ1n) is 5.34. The lowest BCUT2D eigenvalue weighted by molar-refractivity contribution is -0.0223. The zero-order valence-corrected chi connectivity index (χ0v) is 10.1. The van der Waals surface area contributed by atoms with Crippen LogP contribution in [0.5, 0.6) is 0 Å². The minimum absolute atomic E-state index is 0.109. The molecule has 0 aliphatic carbocycles. The van der Waals surface area contributed by atoms with Crippen molar-refractivity contribution in [3.63, 3.8) is 0 Å². The molecule has 1 rings (SSSR count). The van der Waals surface area contributed by atoms with E-state index in [-0.39, 0.29) is 6.61 Å². The van der Waals surface area contributed by atoms with Gasteiger partial charge in [-0.05, 0) is 6.08 Å². The highest BCUT2D eigenvalue weighted by Crippen LogP contribution is 2.19. The van der Waals surface area contributed by atoms with Gasteiger partial charge in [-0.3, -0.25) is 0 Å². The number of nitrogens with zero attached hydrogens (tertiary/aromatic N) is 2. The summed E-state index contributed by atoms with van der Waals surface area (Å²) in [6.07, 6.45) is 5.71. The third-order valence-corrected chi connectivity index (χ3v) is 2.84. The number of hydrogen-bond acceptors (Lipinski definition) is 5. The maximum Gasteiger partial charge on any atom is 0.127 e. The van der Waals surface area contributed by atoms with E-state index in [0.29, 0.717) is 24.6 Å². The molecule has 94 valence electrons. The Morgan fingerprint density at radius 3 is 2.88 bits per heavy atom. The molecular weight excluding hydrogens is 218 g/mol. The number of aliphatic hydroxyl groups is 1. The molecule has 5 nitrogen and oxygen atoms in total. The average molecular weight is 237 g/mol. The van der Waals surface area contributed by atoms with E-state index in [1.54, 1.807) is 19.3 Å². The van der Waals surface area contributed by atoms with Gasteiger partial charge in [0, 0.05) is 26.3 Å². The Bertz CT molecular complexity index is 357. The Morgan fingerprint density at radius 2 is 2.41 bits per heavy atom. The Kier molecular flexibility index (Phi) is 4.48. The summed E-state index contributed by atoms with van der Waals surface area (Å²) >= 11 is 0. The molecule has 0 spiro atoms. The summed E-state index contributed by atoms with van der Waals surface area (Å²) in [6.45, 7) is 7.99. The smallest absolute Gasteiger partial charge is 0.127 e. The molecule has 0 amide bonds. The molecule has 17 heavy (non-hydrogen) atoms. The molecule has 0 saturated carbocycles. The van der Waals surface area contributed by atoms with Gasteiger partial charge in [-0.1, -0.05) is 12.7 Å². The summed E-state index contributed by atoms with van der Waals surface area (Å²) in [6, 6.07) is 0. The zero-order valence-electron chi connectivity index (χ0n) is 10.1. The maximum absolute atomic E-state index is 9.31. The van der Waals surface area contributed by atoms with Crippen LogP contribution in [0.4, 0.5) is 0 Å². The number of ether oxygens (including phenoxy) is 1. The van der Waals surface area contributed by atoms with Gasteiger partial charge in [-0.2, -0.15) is 0 Å². The van der Waals surface area contributed by atoms with E-state index in [4.69, 9.17) is 10.5 Å². The van der Waals surface area contributed by atoms with E-state index in [1.165, 1.54) is 0 Å². The highest BCUT2D eigenvalue weighted by atomic mass is 16.5. The molecule has 1 aliphatic heterocycles. The Balaban J connectivity index is 2.60. The molecule has 0 aromatic rings. The SMILES string of the molecule is C=CC(CO)(CCN1C=CC(N)=NC1=C)OC. The van der Waals surface area contributed by atoms with E-state index >= 15 is 0 Å². The summed E-state index contributed by atoms with van der Waals surface area (Å²) < 4.78 is 5.27. The number of aliphatic imine (C=N–C) groups is 1. The van der Waals surface area contributed by atoms with Crippen molar-refractivity contribution >= 4 is 5.84 Å². The summed E-state index contributed by atoms with van der Waals surface area (Å²) in [5.74, 6) is 1.02. The third kappa shape index (κ3) is 3.18. The Labute approximate surface area is 102 Å². The first kappa shape index (κ1) is 13.5. The highest BCUT2D eigenvalue weighted by molar-refractivity contribution is 5.92. The molecule has 1 unspecified atom stereocenters. The predicted octanol–water partition coefficient (Wildman–Crippen LogP) is 0.598. The van der Waals surface area contributed by atoms with Gasteiger partial charge < -0.3 is 20.5 Å². The molecule has 3 N–H and O–H groups in total. The first-order valence-corrected chi connectivity index (χ1v) is 5.34. The molecular formula is C12H19N3O2. The summed E-state index contributed by atoms with van der Waals surface area (Å²) in [4.78, 5) is 5.90. The Hall–Kier alpha value is -1.59. The molecule has 0 radical (unpaired) electrons. The topological polar surface area (TPSA) is 71.1 Å². The van der Waals surface area contributed by atoms with Crippen molar-refractivity contribution in [3.8, 4) is 0 Å². The van der Waals surface area contributed by atoms with Gasteiger partial charge in [0.15, 0.2) is 0 Å². The largest absolute Gasteiger partial charge is 0.393 e. The van der Waals surface area contributed by atoms with Crippen LogP contribution < -0.4 is 5.73 Å². The summed E-state index contributed by atoms with van der Waals surface area (Å²) in [7, 11) is 1.55. The third-order valence-electron chi connectivity index (χ3n) is 2.84. The van der Waals surface area contributed by atoms with Crippen LogP contribution in [0.1, 0.15) is 6.42 Å². The fourth-order valence-electron chi connectivity index (χ4n) is 1.51. The fourth-order valence-corrected chi connectivity index (χ4v) is 1.51. The van der Waals surface area contributed by atoms with Crippen molar-refractivity contribution in [1.29, 1.82) is 0 Å². The van der Waals surface area contributed by atoms with Crippen molar-refractivity contribution < 1.29 is 9.84 Å². The zero-order chi connectivity index (χ0) is 12.9. The fraction of sp³-hybridized carbons (Fsp3) is 0.417. The van der Waals surface area contributed by atoms with E-state index in [1.807, 2.05) is 11.1 Å². The van der Waals surface area contributed by atoms with Crippen LogP contribution in [-0.4, -0.2) is 41.7 Å². The molecule has 0 fully saturated rings. The number of amidine groups is 1. The number of hydrogen-bond donors (Lipinski definition) is 2. The standard InChI is InChI=1S/C12H19N3O2/c1-4-12(9-16,17-3)6-8-15-7-5-11(13)14-10(15)2/h4-5,7,16H,1-2,6,8-9H2,3H3,(H2,13,14). The minimum atomic E-state index is -0.721. The normalized spacial score (nSPS) is 18.8. The van der Waals surface area contributed by atoms with Crippen LogP contribution in [0.25, 0.3) is 0 Å². The molecule has 5 heteroatoms. The molecule has 0 saturated heterocycles. The van der Waals surface area contributed by atoms with Crippen LogP contribution in [0.3, 0.4) is 0 Å². The monoisotopic (exact) mass is 237 g/mol. The van der Waals surface area contributed by atoms with E-state index in [9.17, 15) is 5.11 Å². The molecule has 0 bridgehead atoms.